The number of hydrogen-bond acceptors (Lipinski definition) is 0. The standard InChI is InChI=1S/C15H22/c1-10-8-11(2)13-7-6-12-4-3-5-14(12)15(13)9-10/h3-5,10-13,15H,6-9H2,1-2H3. The molecule has 0 radical (unpaired) electrons. The fraction of sp³-hybridized carbons (Fsp3) is 0.733. The molecule has 5 atom stereocenters. The van der Waals surface area contributed by atoms with Gasteiger partial charge >= 0.3 is 0 Å². The molecule has 0 aromatic rings. The van der Waals surface area contributed by atoms with Gasteiger partial charge in [0.1, 0.15) is 0 Å². The van der Waals surface area contributed by atoms with Gasteiger partial charge in [-0.3, -0.25) is 0 Å². The summed E-state index contributed by atoms with van der Waals surface area (Å²) in [6.07, 6.45) is 13.0. The molecule has 0 nitrogen and oxygen atoms in total. The van der Waals surface area contributed by atoms with Crippen LogP contribution in [0.4, 0.5) is 0 Å². The number of allylic oxidation sites excluding steroid dienone is 4. The molecule has 0 heterocycles. The molecule has 0 amide bonds. The van der Waals surface area contributed by atoms with Gasteiger partial charge in [-0.1, -0.05) is 37.6 Å². The van der Waals surface area contributed by atoms with E-state index in [2.05, 4.69) is 32.1 Å². The van der Waals surface area contributed by atoms with Gasteiger partial charge in [-0.2, -0.15) is 0 Å². The van der Waals surface area contributed by atoms with Crippen molar-refractivity contribution in [3.63, 3.8) is 0 Å². The van der Waals surface area contributed by atoms with E-state index in [0.29, 0.717) is 0 Å². The van der Waals surface area contributed by atoms with E-state index >= 15 is 0 Å². The minimum Gasteiger partial charge on any atom is -0.0773 e. The maximum atomic E-state index is 2.48. The molecule has 82 valence electrons. The maximum absolute atomic E-state index is 2.48. The van der Waals surface area contributed by atoms with E-state index in [-0.39, 0.29) is 0 Å². The topological polar surface area (TPSA) is 0 Å². The lowest BCUT2D eigenvalue weighted by Crippen LogP contribution is -2.36. The summed E-state index contributed by atoms with van der Waals surface area (Å²) in [5.41, 5.74) is 1.78. The van der Waals surface area contributed by atoms with E-state index in [0.717, 1.165) is 29.6 Å². The Hall–Kier alpha value is -0.520. The average molecular weight is 202 g/mol. The molecule has 2 fully saturated rings. The molecule has 0 aromatic carbocycles. The zero-order valence-corrected chi connectivity index (χ0v) is 9.95. The van der Waals surface area contributed by atoms with Crippen LogP contribution in [0.2, 0.25) is 0 Å². The second-order valence-corrected chi connectivity index (χ2v) is 6.06. The molecule has 3 aliphatic carbocycles. The third kappa shape index (κ3) is 1.49. The van der Waals surface area contributed by atoms with Crippen molar-refractivity contribution in [3.05, 3.63) is 23.8 Å². The summed E-state index contributed by atoms with van der Waals surface area (Å²) < 4.78 is 0. The van der Waals surface area contributed by atoms with Crippen LogP contribution in [-0.4, -0.2) is 0 Å². The van der Waals surface area contributed by atoms with E-state index in [4.69, 9.17) is 0 Å². The number of hydrogen-bond donors (Lipinski definition) is 0. The van der Waals surface area contributed by atoms with Crippen molar-refractivity contribution in [3.8, 4) is 0 Å². The van der Waals surface area contributed by atoms with Crippen LogP contribution in [-0.2, 0) is 0 Å². The van der Waals surface area contributed by atoms with Crippen LogP contribution >= 0.6 is 0 Å². The zero-order valence-electron chi connectivity index (χ0n) is 9.95. The van der Waals surface area contributed by atoms with Crippen LogP contribution in [0.25, 0.3) is 0 Å². The van der Waals surface area contributed by atoms with E-state index in [1.165, 1.54) is 25.7 Å². The van der Waals surface area contributed by atoms with E-state index in [1.807, 2.05) is 0 Å². The molecular weight excluding hydrogens is 180 g/mol. The Balaban J connectivity index is 1.87. The minimum absolute atomic E-state index is 0.823. The summed E-state index contributed by atoms with van der Waals surface area (Å²) in [4.78, 5) is 0. The first-order chi connectivity index (χ1) is 7.25. The molecule has 3 aliphatic rings. The van der Waals surface area contributed by atoms with Gasteiger partial charge in [0, 0.05) is 0 Å². The van der Waals surface area contributed by atoms with Crippen molar-refractivity contribution in [2.75, 3.05) is 0 Å². The Kier molecular flexibility index (Phi) is 2.26. The molecule has 0 heteroatoms. The summed E-state index contributed by atoms with van der Waals surface area (Å²) in [6.45, 7) is 4.93. The molecule has 0 aliphatic heterocycles. The van der Waals surface area contributed by atoms with Crippen molar-refractivity contribution >= 4 is 0 Å². The summed E-state index contributed by atoms with van der Waals surface area (Å²) in [5, 5.41) is 0. The second kappa shape index (κ2) is 3.50. The van der Waals surface area contributed by atoms with Crippen LogP contribution in [0.5, 0.6) is 0 Å². The van der Waals surface area contributed by atoms with Crippen LogP contribution in [0.15, 0.2) is 23.8 Å². The van der Waals surface area contributed by atoms with E-state index in [1.54, 1.807) is 5.57 Å². The Morgan fingerprint density at radius 3 is 2.87 bits per heavy atom. The summed E-state index contributed by atoms with van der Waals surface area (Å²) in [5.74, 6) is 4.66. The van der Waals surface area contributed by atoms with Gasteiger partial charge in [0.2, 0.25) is 0 Å². The predicted octanol–water partition coefficient (Wildman–Crippen LogP) is 4.19. The summed E-state index contributed by atoms with van der Waals surface area (Å²) >= 11 is 0. The lowest BCUT2D eigenvalue weighted by Gasteiger charge is -2.45. The smallest absolute Gasteiger partial charge is 0.00140 e. The van der Waals surface area contributed by atoms with Gasteiger partial charge in [-0.05, 0) is 55.3 Å². The van der Waals surface area contributed by atoms with Crippen LogP contribution in [0.3, 0.4) is 0 Å². The van der Waals surface area contributed by atoms with Crippen molar-refractivity contribution < 1.29 is 0 Å². The normalized spacial score (nSPS) is 48.4. The highest BCUT2D eigenvalue weighted by Crippen LogP contribution is 2.51. The van der Waals surface area contributed by atoms with Crippen LogP contribution < -0.4 is 0 Å². The van der Waals surface area contributed by atoms with Crippen molar-refractivity contribution in [1.29, 1.82) is 0 Å². The minimum atomic E-state index is 0.823. The fourth-order valence-electron chi connectivity index (χ4n) is 4.35. The molecule has 0 aromatic heterocycles. The monoisotopic (exact) mass is 202 g/mol. The van der Waals surface area contributed by atoms with Gasteiger partial charge in [0.25, 0.3) is 0 Å². The first kappa shape index (κ1) is 9.69. The third-order valence-electron chi connectivity index (χ3n) is 4.98. The van der Waals surface area contributed by atoms with Crippen molar-refractivity contribution in [2.45, 2.75) is 39.5 Å². The summed E-state index contributed by atoms with van der Waals surface area (Å²) in [6, 6.07) is 0. The molecular formula is C15H22. The van der Waals surface area contributed by atoms with Gasteiger partial charge in [0.15, 0.2) is 0 Å². The molecule has 5 unspecified atom stereocenters. The van der Waals surface area contributed by atoms with E-state index < -0.39 is 0 Å². The molecule has 15 heavy (non-hydrogen) atoms. The lowest BCUT2D eigenvalue weighted by atomic mass is 9.60. The van der Waals surface area contributed by atoms with Gasteiger partial charge in [0.05, 0.1) is 0 Å². The second-order valence-electron chi connectivity index (χ2n) is 6.06. The first-order valence-corrected chi connectivity index (χ1v) is 6.64. The van der Waals surface area contributed by atoms with Gasteiger partial charge < -0.3 is 0 Å². The largest absolute Gasteiger partial charge is 0.0773 e. The Labute approximate surface area is 93.5 Å². The molecule has 2 saturated carbocycles. The third-order valence-corrected chi connectivity index (χ3v) is 4.98. The molecule has 0 saturated heterocycles. The number of fused-ring (bicyclic) bond motifs is 3. The Morgan fingerprint density at radius 1 is 1.13 bits per heavy atom. The van der Waals surface area contributed by atoms with Crippen LogP contribution in [0, 0.1) is 29.6 Å². The highest BCUT2D eigenvalue weighted by Gasteiger charge is 2.41. The highest BCUT2D eigenvalue weighted by molar-refractivity contribution is 5.32. The number of rotatable bonds is 0. The van der Waals surface area contributed by atoms with Gasteiger partial charge in [-0.25, -0.2) is 0 Å². The maximum Gasteiger partial charge on any atom is -0.00140 e. The fourth-order valence-corrected chi connectivity index (χ4v) is 4.35. The first-order valence-electron chi connectivity index (χ1n) is 6.64. The lowest BCUT2D eigenvalue weighted by molar-refractivity contribution is 0.109. The molecule has 0 spiro atoms. The van der Waals surface area contributed by atoms with Crippen molar-refractivity contribution in [1.82, 2.24) is 0 Å². The molecule has 0 bridgehead atoms. The van der Waals surface area contributed by atoms with Crippen LogP contribution in [0.1, 0.15) is 39.5 Å². The SMILES string of the molecule is CC1CC(C)C2CCC3C=CC=C3C2C1. The highest BCUT2D eigenvalue weighted by atomic mass is 14.5. The average Bonchev–Trinajstić information content (AvgIpc) is 2.65. The zero-order chi connectivity index (χ0) is 10.4. The quantitative estimate of drug-likeness (QED) is 0.552. The summed E-state index contributed by atoms with van der Waals surface area (Å²) in [7, 11) is 0. The molecule has 3 rings (SSSR count). The van der Waals surface area contributed by atoms with Crippen molar-refractivity contribution in [2.24, 2.45) is 29.6 Å². The Bertz CT molecular complexity index is 310. The Morgan fingerprint density at radius 2 is 2.00 bits per heavy atom. The van der Waals surface area contributed by atoms with Gasteiger partial charge in [-0.15, -0.1) is 0 Å². The predicted molar refractivity (Wildman–Crippen MR) is 64.5 cm³/mol. The van der Waals surface area contributed by atoms with E-state index in [9.17, 15) is 0 Å². The molecule has 0 N–H and O–H groups in total.